The van der Waals surface area contributed by atoms with E-state index in [0.717, 1.165) is 28.5 Å². The lowest BCUT2D eigenvalue weighted by atomic mass is 9.99. The second kappa shape index (κ2) is 11.6. The molecule has 0 spiro atoms. The predicted octanol–water partition coefficient (Wildman–Crippen LogP) is 6.55. The van der Waals surface area contributed by atoms with Gasteiger partial charge in [0.1, 0.15) is 16.8 Å². The SMILES string of the molecule is COc1ccc(-c2cc(-c3ccc(C)cc3)nc(SCC(=O)Nc3cc([N+](=O)[O-])ccc3C)c2C#N)cc1. The normalized spacial score (nSPS) is 10.5. The third-order valence-electron chi connectivity index (χ3n) is 5.89. The van der Waals surface area contributed by atoms with Crippen LogP contribution >= 0.6 is 11.8 Å². The summed E-state index contributed by atoms with van der Waals surface area (Å²) in [5.74, 6) is 0.294. The van der Waals surface area contributed by atoms with Gasteiger partial charge in [-0.3, -0.25) is 14.9 Å². The number of nitro benzene ring substituents is 1. The maximum Gasteiger partial charge on any atom is 0.271 e. The quantitative estimate of drug-likeness (QED) is 0.158. The molecule has 8 nitrogen and oxygen atoms in total. The van der Waals surface area contributed by atoms with Gasteiger partial charge in [-0.1, -0.05) is 59.8 Å². The monoisotopic (exact) mass is 524 g/mol. The zero-order valence-electron chi connectivity index (χ0n) is 21.0. The van der Waals surface area contributed by atoms with Crippen molar-refractivity contribution in [1.82, 2.24) is 4.98 Å². The van der Waals surface area contributed by atoms with Crippen molar-refractivity contribution in [3.8, 4) is 34.2 Å². The number of hydrogen-bond donors (Lipinski definition) is 1. The first-order valence-corrected chi connectivity index (χ1v) is 12.6. The number of methoxy groups -OCH3 is 1. The molecule has 0 aliphatic heterocycles. The third kappa shape index (κ3) is 5.99. The number of benzene rings is 3. The summed E-state index contributed by atoms with van der Waals surface area (Å²) in [6.07, 6.45) is 0. The van der Waals surface area contributed by atoms with Crippen molar-refractivity contribution in [1.29, 1.82) is 5.26 Å². The summed E-state index contributed by atoms with van der Waals surface area (Å²) in [4.78, 5) is 28.2. The molecule has 1 heterocycles. The maximum atomic E-state index is 12.8. The van der Waals surface area contributed by atoms with Crippen molar-refractivity contribution >= 4 is 29.0 Å². The maximum absolute atomic E-state index is 12.8. The molecule has 0 saturated heterocycles. The van der Waals surface area contributed by atoms with Crippen molar-refractivity contribution in [2.75, 3.05) is 18.2 Å². The lowest BCUT2D eigenvalue weighted by molar-refractivity contribution is -0.384. The molecule has 0 unspecified atom stereocenters. The smallest absolute Gasteiger partial charge is 0.271 e. The highest BCUT2D eigenvalue weighted by molar-refractivity contribution is 8.00. The number of rotatable bonds is 8. The Morgan fingerprint density at radius 2 is 1.74 bits per heavy atom. The molecular weight excluding hydrogens is 500 g/mol. The van der Waals surface area contributed by atoms with Gasteiger partial charge >= 0.3 is 0 Å². The number of aryl methyl sites for hydroxylation is 2. The average molecular weight is 525 g/mol. The standard InChI is InChI=1S/C29H24N4O4S/c1-18-4-7-21(8-5-18)27-15-24(20-9-12-23(37-3)13-10-20)25(16-30)29(32-27)38-17-28(34)31-26-14-22(33(35)36)11-6-19(26)2/h4-15H,17H2,1-3H3,(H,31,34). The zero-order chi connectivity index (χ0) is 27.2. The number of ether oxygens (including phenoxy) is 1. The molecule has 4 aromatic rings. The molecule has 9 heteroatoms. The van der Waals surface area contributed by atoms with Gasteiger partial charge < -0.3 is 10.1 Å². The fraction of sp³-hybridized carbons (Fsp3) is 0.138. The summed E-state index contributed by atoms with van der Waals surface area (Å²) in [6, 6.07) is 23.8. The molecule has 3 aromatic carbocycles. The number of amides is 1. The molecule has 0 atom stereocenters. The third-order valence-corrected chi connectivity index (χ3v) is 6.87. The molecule has 1 N–H and O–H groups in total. The van der Waals surface area contributed by atoms with E-state index in [1.54, 1.807) is 20.1 Å². The lowest BCUT2D eigenvalue weighted by Gasteiger charge is -2.13. The highest BCUT2D eigenvalue weighted by atomic mass is 32.2. The number of pyridine rings is 1. The number of anilines is 1. The number of aromatic nitrogens is 1. The Bertz CT molecular complexity index is 1550. The second-order valence-corrected chi connectivity index (χ2v) is 9.50. The molecule has 0 fully saturated rings. The topological polar surface area (TPSA) is 118 Å². The van der Waals surface area contributed by atoms with E-state index in [1.807, 2.05) is 61.5 Å². The van der Waals surface area contributed by atoms with E-state index in [1.165, 1.54) is 12.1 Å². The van der Waals surface area contributed by atoms with E-state index < -0.39 is 4.92 Å². The number of nitrogens with zero attached hydrogens (tertiary/aromatic N) is 3. The Hall–Kier alpha value is -4.68. The first-order chi connectivity index (χ1) is 18.3. The second-order valence-electron chi connectivity index (χ2n) is 8.53. The number of nitriles is 1. The van der Waals surface area contributed by atoms with E-state index in [4.69, 9.17) is 9.72 Å². The fourth-order valence-corrected chi connectivity index (χ4v) is 4.59. The largest absolute Gasteiger partial charge is 0.497 e. The van der Waals surface area contributed by atoms with Crippen LogP contribution < -0.4 is 10.1 Å². The highest BCUT2D eigenvalue weighted by Crippen LogP contribution is 2.35. The molecule has 0 radical (unpaired) electrons. The van der Waals surface area contributed by atoms with Crippen LogP contribution in [0.1, 0.15) is 16.7 Å². The molecule has 1 aromatic heterocycles. The molecule has 38 heavy (non-hydrogen) atoms. The fourth-order valence-electron chi connectivity index (χ4n) is 3.78. The Labute approximate surface area is 224 Å². The Balaban J connectivity index is 1.68. The number of carbonyl (C=O) groups is 1. The minimum absolute atomic E-state index is 0.0385. The summed E-state index contributed by atoms with van der Waals surface area (Å²) < 4.78 is 5.27. The van der Waals surface area contributed by atoms with Crippen LogP contribution in [0.3, 0.4) is 0 Å². The average Bonchev–Trinajstić information content (AvgIpc) is 2.93. The first-order valence-electron chi connectivity index (χ1n) is 11.6. The molecule has 1 amide bonds. The van der Waals surface area contributed by atoms with Crippen LogP contribution in [0.15, 0.2) is 77.8 Å². The van der Waals surface area contributed by atoms with Crippen molar-refractivity contribution in [3.05, 3.63) is 99.6 Å². The van der Waals surface area contributed by atoms with Gasteiger partial charge in [-0.25, -0.2) is 4.98 Å². The summed E-state index contributed by atoms with van der Waals surface area (Å²) in [6.45, 7) is 3.76. The number of nitrogens with one attached hydrogen (secondary N) is 1. The minimum atomic E-state index is -0.510. The van der Waals surface area contributed by atoms with Gasteiger partial charge in [0.2, 0.25) is 5.91 Å². The summed E-state index contributed by atoms with van der Waals surface area (Å²) in [5.41, 5.74) is 5.49. The van der Waals surface area contributed by atoms with E-state index in [2.05, 4.69) is 11.4 Å². The molecule has 190 valence electrons. The van der Waals surface area contributed by atoms with Gasteiger partial charge in [0, 0.05) is 23.3 Å². The van der Waals surface area contributed by atoms with Gasteiger partial charge in [0.05, 0.1) is 34.7 Å². The Morgan fingerprint density at radius 3 is 2.37 bits per heavy atom. The van der Waals surface area contributed by atoms with E-state index >= 15 is 0 Å². The first kappa shape index (κ1) is 26.4. The number of carbonyl (C=O) groups excluding carboxylic acids is 1. The Morgan fingerprint density at radius 1 is 1.05 bits per heavy atom. The molecule has 0 aliphatic rings. The van der Waals surface area contributed by atoms with Crippen LogP contribution in [0.2, 0.25) is 0 Å². The molecule has 0 bridgehead atoms. The van der Waals surface area contributed by atoms with Gasteiger partial charge in [0.25, 0.3) is 5.69 Å². The van der Waals surface area contributed by atoms with Gasteiger partial charge in [-0.05, 0) is 43.2 Å². The molecular formula is C29H24N4O4S. The van der Waals surface area contributed by atoms with Gasteiger partial charge in [-0.15, -0.1) is 0 Å². The number of non-ortho nitro benzene ring substituents is 1. The van der Waals surface area contributed by atoms with E-state index in [9.17, 15) is 20.2 Å². The van der Waals surface area contributed by atoms with Gasteiger partial charge in [0.15, 0.2) is 0 Å². The zero-order valence-corrected chi connectivity index (χ0v) is 21.8. The summed E-state index contributed by atoms with van der Waals surface area (Å²) in [7, 11) is 1.59. The van der Waals surface area contributed by atoms with Crippen LogP contribution in [0.4, 0.5) is 11.4 Å². The summed E-state index contributed by atoms with van der Waals surface area (Å²) >= 11 is 1.14. The Kier molecular flexibility index (Phi) is 8.04. The van der Waals surface area contributed by atoms with Crippen LogP contribution in [0.5, 0.6) is 5.75 Å². The van der Waals surface area contributed by atoms with Crippen molar-refractivity contribution in [2.24, 2.45) is 0 Å². The van der Waals surface area contributed by atoms with E-state index in [0.29, 0.717) is 38.8 Å². The molecule has 4 rings (SSSR count). The molecule has 0 saturated carbocycles. The van der Waals surface area contributed by atoms with Crippen LogP contribution in [-0.2, 0) is 4.79 Å². The molecule has 0 aliphatic carbocycles. The van der Waals surface area contributed by atoms with Crippen LogP contribution in [-0.4, -0.2) is 28.7 Å². The van der Waals surface area contributed by atoms with Crippen molar-refractivity contribution < 1.29 is 14.5 Å². The number of thioether (sulfide) groups is 1. The van der Waals surface area contributed by atoms with Crippen LogP contribution in [0.25, 0.3) is 22.4 Å². The minimum Gasteiger partial charge on any atom is -0.497 e. The number of nitro groups is 1. The van der Waals surface area contributed by atoms with Gasteiger partial charge in [-0.2, -0.15) is 5.26 Å². The van der Waals surface area contributed by atoms with Crippen LogP contribution in [0, 0.1) is 35.3 Å². The van der Waals surface area contributed by atoms with Crippen molar-refractivity contribution in [3.63, 3.8) is 0 Å². The van der Waals surface area contributed by atoms with Crippen molar-refractivity contribution in [2.45, 2.75) is 18.9 Å². The van der Waals surface area contributed by atoms with E-state index in [-0.39, 0.29) is 17.3 Å². The summed E-state index contributed by atoms with van der Waals surface area (Å²) in [5, 5.41) is 24.4. The highest BCUT2D eigenvalue weighted by Gasteiger charge is 2.18. The lowest BCUT2D eigenvalue weighted by Crippen LogP contribution is -2.15. The number of hydrogen-bond acceptors (Lipinski definition) is 7. The predicted molar refractivity (Wildman–Crippen MR) is 148 cm³/mol.